The Kier molecular flexibility index (Phi) is 8.88. The Morgan fingerprint density at radius 3 is 2.39 bits per heavy atom. The average molecular weight is 559 g/mol. The molecule has 10 heteroatoms. The second-order valence-electron chi connectivity index (χ2n) is 10.6. The molecule has 41 heavy (non-hydrogen) atoms. The lowest BCUT2D eigenvalue weighted by atomic mass is 10.1. The maximum absolute atomic E-state index is 13.0. The molecule has 3 heterocycles. The molecule has 0 bridgehead atoms. The van der Waals surface area contributed by atoms with Crippen LogP contribution in [0, 0.1) is 6.92 Å². The number of benzene rings is 2. The number of aryl methyl sites for hydroxylation is 1. The van der Waals surface area contributed by atoms with Crippen LogP contribution in [0.2, 0.25) is 0 Å². The predicted molar refractivity (Wildman–Crippen MR) is 159 cm³/mol. The molecule has 2 aliphatic heterocycles. The number of hydrogen-bond donors (Lipinski definition) is 3. The molecule has 0 unspecified atom stereocenters. The second-order valence-corrected chi connectivity index (χ2v) is 10.6. The van der Waals surface area contributed by atoms with E-state index in [9.17, 15) is 14.4 Å². The van der Waals surface area contributed by atoms with Crippen molar-refractivity contribution in [2.24, 2.45) is 5.73 Å². The van der Waals surface area contributed by atoms with Gasteiger partial charge in [0.25, 0.3) is 11.8 Å². The summed E-state index contributed by atoms with van der Waals surface area (Å²) >= 11 is 0. The van der Waals surface area contributed by atoms with Crippen LogP contribution < -0.4 is 26.2 Å². The van der Waals surface area contributed by atoms with Gasteiger partial charge in [0, 0.05) is 50.5 Å². The van der Waals surface area contributed by atoms with Crippen molar-refractivity contribution >= 4 is 34.8 Å². The summed E-state index contributed by atoms with van der Waals surface area (Å²) in [5, 5.41) is 5.93. The lowest BCUT2D eigenvalue weighted by Crippen LogP contribution is -2.47. The van der Waals surface area contributed by atoms with Crippen LogP contribution in [0.3, 0.4) is 0 Å². The minimum atomic E-state index is -0.373. The van der Waals surface area contributed by atoms with E-state index in [1.807, 2.05) is 12.1 Å². The molecule has 0 saturated carbocycles. The first-order chi connectivity index (χ1) is 19.9. The maximum Gasteiger partial charge on any atom is 0.291 e. The number of primary amides is 1. The van der Waals surface area contributed by atoms with E-state index in [0.717, 1.165) is 51.3 Å². The van der Waals surface area contributed by atoms with Crippen LogP contribution in [0.1, 0.15) is 45.7 Å². The summed E-state index contributed by atoms with van der Waals surface area (Å²) in [5.74, 6) is -0.678. The Balaban J connectivity index is 1.25. The molecule has 2 aromatic carbocycles. The zero-order valence-corrected chi connectivity index (χ0v) is 23.5. The summed E-state index contributed by atoms with van der Waals surface area (Å²) in [6.07, 6.45) is 3.92. The lowest BCUT2D eigenvalue weighted by Gasteiger charge is -2.38. The third kappa shape index (κ3) is 6.71. The number of amides is 3. The van der Waals surface area contributed by atoms with E-state index < -0.39 is 0 Å². The smallest absolute Gasteiger partial charge is 0.291 e. The molecule has 0 spiro atoms. The average Bonchev–Trinajstić information content (AvgIpc) is 3.69. The van der Waals surface area contributed by atoms with Crippen molar-refractivity contribution in [1.82, 2.24) is 10.2 Å². The maximum atomic E-state index is 13.0. The van der Waals surface area contributed by atoms with Crippen LogP contribution in [0.5, 0.6) is 0 Å². The van der Waals surface area contributed by atoms with E-state index in [2.05, 4.69) is 50.5 Å². The third-order valence-corrected chi connectivity index (χ3v) is 7.93. The van der Waals surface area contributed by atoms with E-state index in [1.54, 1.807) is 24.3 Å². The third-order valence-electron chi connectivity index (χ3n) is 7.93. The molecule has 216 valence electrons. The summed E-state index contributed by atoms with van der Waals surface area (Å²) in [4.78, 5) is 44.3. The van der Waals surface area contributed by atoms with Gasteiger partial charge in [-0.3, -0.25) is 19.3 Å². The molecular formula is C31H38N6O4. The molecule has 3 aromatic rings. The van der Waals surface area contributed by atoms with Crippen molar-refractivity contribution in [2.45, 2.75) is 32.2 Å². The molecule has 2 aliphatic rings. The van der Waals surface area contributed by atoms with Crippen molar-refractivity contribution in [3.8, 4) is 0 Å². The number of nitrogens with one attached hydrogen (secondary N) is 2. The monoisotopic (exact) mass is 558 g/mol. The zero-order chi connectivity index (χ0) is 28.8. The van der Waals surface area contributed by atoms with Gasteiger partial charge in [-0.05, 0) is 74.7 Å². The SMILES string of the molecule is Cc1ccccc1N1CCN(c2ccc(C(=O)NCCCN3CCC[C@H]3C(N)=O)cc2NC(=O)c2ccco2)CC1. The Labute approximate surface area is 240 Å². The van der Waals surface area contributed by atoms with E-state index >= 15 is 0 Å². The van der Waals surface area contributed by atoms with Crippen LogP contribution >= 0.6 is 0 Å². The standard InChI is InChI=1S/C31H38N6O4/c1-22-7-2-3-8-25(22)36-16-18-37(19-17-36)26-12-11-23(21-24(26)34-31(40)28-10-5-20-41-28)30(39)33-13-6-15-35-14-4-9-27(35)29(32)38/h2-3,5,7-8,10-12,20-21,27H,4,6,9,13-19H2,1H3,(H2,32,38)(H,33,39)(H,34,40)/t27-/m0/s1. The lowest BCUT2D eigenvalue weighted by molar-refractivity contribution is -0.122. The van der Waals surface area contributed by atoms with E-state index in [1.165, 1.54) is 17.5 Å². The number of piperazine rings is 1. The van der Waals surface area contributed by atoms with Gasteiger partial charge in [-0.25, -0.2) is 0 Å². The fraction of sp³-hybridized carbons (Fsp3) is 0.387. The van der Waals surface area contributed by atoms with E-state index in [-0.39, 0.29) is 29.5 Å². The first-order valence-corrected chi connectivity index (χ1v) is 14.3. The Morgan fingerprint density at radius 1 is 0.927 bits per heavy atom. The van der Waals surface area contributed by atoms with Gasteiger partial charge in [-0.2, -0.15) is 0 Å². The second kappa shape index (κ2) is 12.9. The summed E-state index contributed by atoms with van der Waals surface area (Å²) in [6.45, 7) is 7.36. The molecule has 5 rings (SSSR count). The number of nitrogens with two attached hydrogens (primary N) is 1. The van der Waals surface area contributed by atoms with E-state index in [0.29, 0.717) is 30.8 Å². The topological polar surface area (TPSA) is 124 Å². The van der Waals surface area contributed by atoms with Crippen molar-refractivity contribution < 1.29 is 18.8 Å². The largest absolute Gasteiger partial charge is 0.459 e. The Bertz CT molecular complexity index is 1370. The number of rotatable bonds is 10. The molecular weight excluding hydrogens is 520 g/mol. The van der Waals surface area contributed by atoms with Crippen molar-refractivity contribution in [3.05, 3.63) is 77.7 Å². The quantitative estimate of drug-likeness (QED) is 0.327. The molecule has 3 amide bonds. The number of carbonyl (C=O) groups excluding carboxylic acids is 3. The minimum absolute atomic E-state index is 0.200. The normalized spacial score (nSPS) is 17.4. The van der Waals surface area contributed by atoms with E-state index in [4.69, 9.17) is 10.2 Å². The number of hydrogen-bond acceptors (Lipinski definition) is 7. The van der Waals surface area contributed by atoms with Crippen LogP contribution in [-0.2, 0) is 4.79 Å². The van der Waals surface area contributed by atoms with Gasteiger partial charge in [-0.1, -0.05) is 18.2 Å². The summed E-state index contributed by atoms with van der Waals surface area (Å²) in [7, 11) is 0. The van der Waals surface area contributed by atoms with Gasteiger partial charge in [0.05, 0.1) is 23.7 Å². The predicted octanol–water partition coefficient (Wildman–Crippen LogP) is 3.24. The van der Waals surface area contributed by atoms with Crippen molar-refractivity contribution in [3.63, 3.8) is 0 Å². The Hall–Kier alpha value is -4.31. The summed E-state index contributed by atoms with van der Waals surface area (Å²) < 4.78 is 5.29. The molecule has 2 fully saturated rings. The number of likely N-dealkylation sites (tertiary alicyclic amines) is 1. The molecule has 10 nitrogen and oxygen atoms in total. The van der Waals surface area contributed by atoms with Gasteiger partial charge in [0.1, 0.15) is 0 Å². The first-order valence-electron chi connectivity index (χ1n) is 14.3. The highest BCUT2D eigenvalue weighted by Crippen LogP contribution is 2.30. The van der Waals surface area contributed by atoms with Crippen LogP contribution in [-0.4, -0.2) is 74.5 Å². The number of furan rings is 1. The van der Waals surface area contributed by atoms with Gasteiger partial charge in [0.2, 0.25) is 5.91 Å². The molecule has 4 N–H and O–H groups in total. The molecule has 1 aromatic heterocycles. The van der Waals surface area contributed by atoms with Crippen molar-refractivity contribution in [1.29, 1.82) is 0 Å². The molecule has 1 atom stereocenters. The fourth-order valence-corrected chi connectivity index (χ4v) is 5.75. The fourth-order valence-electron chi connectivity index (χ4n) is 5.75. The number of anilines is 3. The molecule has 2 saturated heterocycles. The first kappa shape index (κ1) is 28.2. The highest BCUT2D eigenvalue weighted by atomic mass is 16.3. The van der Waals surface area contributed by atoms with Crippen molar-refractivity contribution in [2.75, 3.05) is 60.9 Å². The molecule has 0 aliphatic carbocycles. The van der Waals surface area contributed by atoms with Crippen LogP contribution in [0.15, 0.2) is 65.3 Å². The number of nitrogens with zero attached hydrogens (tertiary/aromatic N) is 3. The zero-order valence-electron chi connectivity index (χ0n) is 23.5. The van der Waals surface area contributed by atoms with Gasteiger partial charge < -0.3 is 30.6 Å². The number of para-hydroxylation sites is 1. The Morgan fingerprint density at radius 2 is 1.68 bits per heavy atom. The van der Waals surface area contributed by atoms with Gasteiger partial charge in [0.15, 0.2) is 5.76 Å². The summed E-state index contributed by atoms with van der Waals surface area (Å²) in [6, 6.07) is 16.9. The highest BCUT2D eigenvalue weighted by molar-refractivity contribution is 6.05. The van der Waals surface area contributed by atoms with Crippen LogP contribution in [0.25, 0.3) is 0 Å². The highest BCUT2D eigenvalue weighted by Gasteiger charge is 2.28. The number of carbonyl (C=O) groups is 3. The summed E-state index contributed by atoms with van der Waals surface area (Å²) in [5.41, 5.74) is 9.87. The minimum Gasteiger partial charge on any atom is -0.459 e. The molecule has 0 radical (unpaired) electrons. The van der Waals surface area contributed by atoms with Gasteiger partial charge >= 0.3 is 0 Å². The van der Waals surface area contributed by atoms with Crippen LogP contribution in [0.4, 0.5) is 17.1 Å². The van der Waals surface area contributed by atoms with Gasteiger partial charge in [-0.15, -0.1) is 0 Å².